The van der Waals surface area contributed by atoms with E-state index in [0.29, 0.717) is 16.7 Å². The lowest BCUT2D eigenvalue weighted by Gasteiger charge is -2.13. The Morgan fingerprint density at radius 2 is 1.96 bits per heavy atom. The maximum Gasteiger partial charge on any atom is 0.280 e. The molecule has 0 radical (unpaired) electrons. The van der Waals surface area contributed by atoms with Crippen LogP contribution in [0.4, 0.5) is 0 Å². The minimum absolute atomic E-state index is 0.220. The van der Waals surface area contributed by atoms with Crippen LogP contribution in [-0.2, 0) is 4.79 Å². The second kappa shape index (κ2) is 7.97. The van der Waals surface area contributed by atoms with Crippen LogP contribution in [0, 0.1) is 0 Å². The number of para-hydroxylation sites is 2. The number of nitrogens with one attached hydrogen (secondary N) is 1. The van der Waals surface area contributed by atoms with E-state index in [1.165, 1.54) is 12.5 Å². The largest absolute Gasteiger partial charge is 0.480 e. The van der Waals surface area contributed by atoms with Crippen LogP contribution >= 0.6 is 15.9 Å². The van der Waals surface area contributed by atoms with Crippen LogP contribution in [0.3, 0.4) is 0 Å². The molecule has 1 N–H and O–H groups in total. The van der Waals surface area contributed by atoms with Crippen molar-refractivity contribution >= 4 is 39.0 Å². The van der Waals surface area contributed by atoms with Gasteiger partial charge in [-0.15, -0.1) is 0 Å². The summed E-state index contributed by atoms with van der Waals surface area (Å²) in [6.07, 6.45) is 1.79. The van der Waals surface area contributed by atoms with Crippen molar-refractivity contribution in [1.82, 2.24) is 5.43 Å². The summed E-state index contributed by atoms with van der Waals surface area (Å²) in [4.78, 5) is 24.4. The number of amides is 1. The number of ether oxygens (including phenoxy) is 1. The van der Waals surface area contributed by atoms with Crippen LogP contribution in [0.25, 0.3) is 11.0 Å². The van der Waals surface area contributed by atoms with Crippen molar-refractivity contribution in [1.29, 1.82) is 0 Å². The van der Waals surface area contributed by atoms with Crippen molar-refractivity contribution < 1.29 is 13.9 Å². The SMILES string of the molecule is C[C@H](Oc1ccccc1Br)C(=O)N/N=C\c1coc2ccccc2c1=O. The van der Waals surface area contributed by atoms with Crippen LogP contribution in [0.2, 0.25) is 0 Å². The summed E-state index contributed by atoms with van der Waals surface area (Å²) in [5.74, 6) is 0.108. The molecule has 0 unspecified atom stereocenters. The average Bonchev–Trinajstić information content (AvgIpc) is 2.65. The first-order valence-electron chi connectivity index (χ1n) is 7.81. The molecule has 0 fully saturated rings. The Bertz CT molecular complexity index is 1030. The van der Waals surface area contributed by atoms with Crippen molar-refractivity contribution in [3.8, 4) is 5.75 Å². The van der Waals surface area contributed by atoms with Gasteiger partial charge in [-0.3, -0.25) is 9.59 Å². The van der Waals surface area contributed by atoms with E-state index in [1.807, 2.05) is 18.2 Å². The number of halogens is 1. The molecule has 7 heteroatoms. The smallest absolute Gasteiger partial charge is 0.280 e. The molecule has 26 heavy (non-hydrogen) atoms. The van der Waals surface area contributed by atoms with Crippen LogP contribution in [-0.4, -0.2) is 18.2 Å². The molecule has 0 aliphatic rings. The fourth-order valence-corrected chi connectivity index (χ4v) is 2.60. The summed E-state index contributed by atoms with van der Waals surface area (Å²) in [5, 5.41) is 4.27. The van der Waals surface area contributed by atoms with Gasteiger partial charge in [0.05, 0.1) is 21.6 Å². The van der Waals surface area contributed by atoms with E-state index < -0.39 is 12.0 Å². The van der Waals surface area contributed by atoms with Crippen molar-refractivity contribution in [2.24, 2.45) is 5.10 Å². The van der Waals surface area contributed by atoms with Crippen LogP contribution < -0.4 is 15.6 Å². The zero-order valence-electron chi connectivity index (χ0n) is 13.8. The molecule has 132 valence electrons. The molecule has 0 aliphatic carbocycles. The first kappa shape index (κ1) is 17.9. The third kappa shape index (κ3) is 4.00. The lowest BCUT2D eigenvalue weighted by atomic mass is 10.2. The molecule has 0 bridgehead atoms. The fourth-order valence-electron chi connectivity index (χ4n) is 2.22. The molecule has 1 aromatic heterocycles. The number of nitrogens with zero attached hydrogens (tertiary/aromatic N) is 1. The Balaban J connectivity index is 1.66. The van der Waals surface area contributed by atoms with Gasteiger partial charge >= 0.3 is 0 Å². The van der Waals surface area contributed by atoms with Gasteiger partial charge in [0, 0.05) is 0 Å². The Labute approximate surface area is 157 Å². The molecular weight excluding hydrogens is 400 g/mol. The number of benzene rings is 2. The Morgan fingerprint density at radius 3 is 2.77 bits per heavy atom. The highest BCUT2D eigenvalue weighted by Gasteiger charge is 2.15. The summed E-state index contributed by atoms with van der Waals surface area (Å²) >= 11 is 3.35. The molecule has 1 atom stereocenters. The van der Waals surface area contributed by atoms with E-state index in [-0.39, 0.29) is 11.0 Å². The molecular formula is C19H15BrN2O4. The topological polar surface area (TPSA) is 80.9 Å². The maximum atomic E-state index is 12.3. The van der Waals surface area contributed by atoms with Gasteiger partial charge < -0.3 is 9.15 Å². The van der Waals surface area contributed by atoms with Crippen molar-refractivity contribution in [3.63, 3.8) is 0 Å². The summed E-state index contributed by atoms with van der Waals surface area (Å²) < 4.78 is 11.7. The van der Waals surface area contributed by atoms with Gasteiger partial charge in [-0.2, -0.15) is 5.10 Å². The summed E-state index contributed by atoms with van der Waals surface area (Å²) in [5.41, 5.74) is 2.87. The van der Waals surface area contributed by atoms with E-state index in [4.69, 9.17) is 9.15 Å². The zero-order chi connectivity index (χ0) is 18.5. The Hall–Kier alpha value is -2.93. The van der Waals surface area contributed by atoms with Crippen molar-refractivity contribution in [3.05, 3.63) is 75.1 Å². The quantitative estimate of drug-likeness (QED) is 0.511. The molecule has 1 amide bonds. The lowest BCUT2D eigenvalue weighted by Crippen LogP contribution is -2.33. The van der Waals surface area contributed by atoms with Crippen LogP contribution in [0.15, 0.2) is 73.6 Å². The molecule has 6 nitrogen and oxygen atoms in total. The minimum Gasteiger partial charge on any atom is -0.480 e. The standard InChI is InChI=1S/C19H15BrN2O4/c1-12(26-17-9-5-3-7-15(17)20)19(24)22-21-10-13-11-25-16-8-4-2-6-14(16)18(13)23/h2-12H,1H3,(H,22,24)/b21-10-/t12-/m0/s1. The molecule has 3 aromatic rings. The van der Waals surface area contributed by atoms with E-state index >= 15 is 0 Å². The predicted molar refractivity (Wildman–Crippen MR) is 102 cm³/mol. The monoisotopic (exact) mass is 414 g/mol. The first-order valence-corrected chi connectivity index (χ1v) is 8.60. The van der Waals surface area contributed by atoms with Crippen molar-refractivity contribution in [2.45, 2.75) is 13.0 Å². The highest BCUT2D eigenvalue weighted by Crippen LogP contribution is 2.24. The third-order valence-electron chi connectivity index (χ3n) is 3.59. The Morgan fingerprint density at radius 1 is 1.23 bits per heavy atom. The molecule has 0 saturated carbocycles. The maximum absolute atomic E-state index is 12.3. The van der Waals surface area contributed by atoms with Crippen LogP contribution in [0.5, 0.6) is 5.75 Å². The number of hydrazone groups is 1. The highest BCUT2D eigenvalue weighted by molar-refractivity contribution is 9.10. The first-order chi connectivity index (χ1) is 12.6. The van der Waals surface area contributed by atoms with Gasteiger partial charge in [-0.1, -0.05) is 24.3 Å². The van der Waals surface area contributed by atoms with Gasteiger partial charge in [0.2, 0.25) is 5.43 Å². The molecule has 2 aromatic carbocycles. The summed E-state index contributed by atoms with van der Waals surface area (Å²) in [6, 6.07) is 14.1. The van der Waals surface area contributed by atoms with Gasteiger partial charge in [0.1, 0.15) is 17.6 Å². The molecule has 3 rings (SSSR count). The van der Waals surface area contributed by atoms with Gasteiger partial charge in [-0.05, 0) is 47.1 Å². The summed E-state index contributed by atoms with van der Waals surface area (Å²) in [7, 11) is 0. The minimum atomic E-state index is -0.765. The van der Waals surface area contributed by atoms with Gasteiger partial charge in [0.25, 0.3) is 5.91 Å². The number of rotatable bonds is 5. The van der Waals surface area contributed by atoms with Gasteiger partial charge in [0.15, 0.2) is 6.10 Å². The van der Waals surface area contributed by atoms with Crippen LogP contribution in [0.1, 0.15) is 12.5 Å². The average molecular weight is 415 g/mol. The zero-order valence-corrected chi connectivity index (χ0v) is 15.4. The normalized spacial score (nSPS) is 12.2. The molecule has 1 heterocycles. The van der Waals surface area contributed by atoms with E-state index in [1.54, 1.807) is 37.3 Å². The highest BCUT2D eigenvalue weighted by atomic mass is 79.9. The second-order valence-electron chi connectivity index (χ2n) is 5.44. The van der Waals surface area contributed by atoms with E-state index in [0.717, 1.165) is 4.47 Å². The van der Waals surface area contributed by atoms with Gasteiger partial charge in [-0.25, -0.2) is 5.43 Å². The molecule has 0 aliphatic heterocycles. The van der Waals surface area contributed by atoms with E-state index in [9.17, 15) is 9.59 Å². The number of carbonyl (C=O) groups is 1. The summed E-state index contributed by atoms with van der Waals surface area (Å²) in [6.45, 7) is 1.61. The number of hydrogen-bond acceptors (Lipinski definition) is 5. The number of carbonyl (C=O) groups excluding carboxylic acids is 1. The predicted octanol–water partition coefficient (Wildman–Crippen LogP) is 3.47. The number of fused-ring (bicyclic) bond motifs is 1. The second-order valence-corrected chi connectivity index (χ2v) is 6.30. The lowest BCUT2D eigenvalue weighted by molar-refractivity contribution is -0.127. The number of hydrogen-bond donors (Lipinski definition) is 1. The third-order valence-corrected chi connectivity index (χ3v) is 4.25. The van der Waals surface area contributed by atoms with E-state index in [2.05, 4.69) is 26.5 Å². The Kier molecular flexibility index (Phi) is 5.48. The fraction of sp³-hybridized carbons (Fsp3) is 0.105. The van der Waals surface area contributed by atoms with Crippen molar-refractivity contribution in [2.75, 3.05) is 0 Å². The molecule has 0 saturated heterocycles. The molecule has 0 spiro atoms.